The fourth-order valence-electron chi connectivity index (χ4n) is 3.12. The van der Waals surface area contributed by atoms with Crippen LogP contribution in [0, 0.1) is 11.8 Å². The third-order valence-corrected chi connectivity index (χ3v) is 4.62. The molecule has 0 unspecified atom stereocenters. The fourth-order valence-corrected chi connectivity index (χ4v) is 3.12. The van der Waals surface area contributed by atoms with Gasteiger partial charge in [-0.05, 0) is 50.7 Å². The van der Waals surface area contributed by atoms with Crippen LogP contribution in [0.2, 0.25) is 0 Å². The van der Waals surface area contributed by atoms with Gasteiger partial charge in [0.15, 0.2) is 0 Å². The summed E-state index contributed by atoms with van der Waals surface area (Å²) < 4.78 is 0. The van der Waals surface area contributed by atoms with E-state index in [9.17, 15) is 4.79 Å². The van der Waals surface area contributed by atoms with Crippen LogP contribution in [0.3, 0.4) is 0 Å². The monoisotopic (exact) mass is 281 g/mol. The highest BCUT2D eigenvalue weighted by molar-refractivity contribution is 5.78. The van der Waals surface area contributed by atoms with Crippen molar-refractivity contribution in [1.82, 2.24) is 4.90 Å². The van der Waals surface area contributed by atoms with Crippen molar-refractivity contribution in [3.8, 4) is 0 Å². The minimum absolute atomic E-state index is 0.452. The average Bonchev–Trinajstić information content (AvgIpc) is 2.44. The van der Waals surface area contributed by atoms with E-state index in [1.54, 1.807) is 0 Å². The van der Waals surface area contributed by atoms with E-state index < -0.39 is 0 Å². The van der Waals surface area contributed by atoms with Gasteiger partial charge in [-0.2, -0.15) is 0 Å². The van der Waals surface area contributed by atoms with Crippen LogP contribution in [0.1, 0.15) is 78.6 Å². The highest BCUT2D eigenvalue weighted by atomic mass is 16.1. The van der Waals surface area contributed by atoms with E-state index in [2.05, 4.69) is 18.7 Å². The number of Topliss-reactive ketones (excluding diaryl/α,β-unsaturated/α-hetero) is 1. The zero-order valence-electron chi connectivity index (χ0n) is 14.0. The lowest BCUT2D eigenvalue weighted by molar-refractivity contribution is -0.120. The van der Waals surface area contributed by atoms with Crippen molar-refractivity contribution in [1.29, 1.82) is 0 Å². The van der Waals surface area contributed by atoms with Crippen molar-refractivity contribution in [3.63, 3.8) is 0 Å². The number of ketones is 1. The average molecular weight is 281 g/mol. The number of likely N-dealkylation sites (tertiary alicyclic amines) is 1. The second-order valence-corrected chi connectivity index (χ2v) is 6.98. The predicted octanol–water partition coefficient (Wildman–Crippen LogP) is 4.67. The molecule has 0 spiro atoms. The van der Waals surface area contributed by atoms with Crippen molar-refractivity contribution in [3.05, 3.63) is 0 Å². The first-order valence-electron chi connectivity index (χ1n) is 8.85. The van der Waals surface area contributed by atoms with E-state index in [1.807, 2.05) is 6.92 Å². The Morgan fingerprint density at radius 3 is 2.35 bits per heavy atom. The molecule has 0 saturated carbocycles. The number of carbonyl (C=O) groups is 1. The molecule has 1 rings (SSSR count). The minimum atomic E-state index is 0.452. The van der Waals surface area contributed by atoms with E-state index in [4.69, 9.17) is 0 Å². The number of hydrogen-bond donors (Lipinski definition) is 0. The van der Waals surface area contributed by atoms with Crippen molar-refractivity contribution >= 4 is 5.78 Å². The molecule has 2 heteroatoms. The molecule has 0 atom stereocenters. The van der Waals surface area contributed by atoms with Gasteiger partial charge in [-0.1, -0.05) is 46.5 Å². The Labute approximate surface area is 126 Å². The molecule has 1 heterocycles. The van der Waals surface area contributed by atoms with Crippen LogP contribution < -0.4 is 0 Å². The number of piperidine rings is 1. The molecule has 0 aliphatic carbocycles. The van der Waals surface area contributed by atoms with E-state index in [-0.39, 0.29) is 0 Å². The van der Waals surface area contributed by atoms with Gasteiger partial charge in [0, 0.05) is 12.8 Å². The van der Waals surface area contributed by atoms with Crippen LogP contribution >= 0.6 is 0 Å². The topological polar surface area (TPSA) is 20.3 Å². The molecular weight excluding hydrogens is 246 g/mol. The van der Waals surface area contributed by atoms with Crippen LogP contribution in [0.5, 0.6) is 0 Å². The second-order valence-electron chi connectivity index (χ2n) is 6.98. The number of rotatable bonds is 10. The van der Waals surface area contributed by atoms with Gasteiger partial charge in [-0.15, -0.1) is 0 Å². The Morgan fingerprint density at radius 1 is 1.10 bits per heavy atom. The van der Waals surface area contributed by atoms with E-state index in [1.165, 1.54) is 64.6 Å². The molecule has 0 bridgehead atoms. The summed E-state index contributed by atoms with van der Waals surface area (Å²) in [7, 11) is 0. The summed E-state index contributed by atoms with van der Waals surface area (Å²) in [5.41, 5.74) is 0. The third kappa shape index (κ3) is 8.04. The SMILES string of the molecule is CCC(=O)CC1CCN(CCCCCCC(C)C)CC1. The Morgan fingerprint density at radius 2 is 1.75 bits per heavy atom. The van der Waals surface area contributed by atoms with Crippen molar-refractivity contribution in [2.75, 3.05) is 19.6 Å². The van der Waals surface area contributed by atoms with Crippen molar-refractivity contribution in [2.24, 2.45) is 11.8 Å². The molecule has 1 aliphatic rings. The normalized spacial score (nSPS) is 17.8. The maximum absolute atomic E-state index is 11.5. The van der Waals surface area contributed by atoms with Crippen LogP contribution in [-0.4, -0.2) is 30.3 Å². The molecule has 118 valence electrons. The lowest BCUT2D eigenvalue weighted by atomic mass is 9.91. The van der Waals surface area contributed by atoms with Crippen LogP contribution in [-0.2, 0) is 4.79 Å². The Kier molecular flexibility index (Phi) is 9.17. The molecule has 1 fully saturated rings. The van der Waals surface area contributed by atoms with Gasteiger partial charge in [0.25, 0.3) is 0 Å². The summed E-state index contributed by atoms with van der Waals surface area (Å²) in [6.45, 7) is 10.3. The largest absolute Gasteiger partial charge is 0.303 e. The highest BCUT2D eigenvalue weighted by Crippen LogP contribution is 2.21. The second kappa shape index (κ2) is 10.4. The molecule has 0 amide bonds. The minimum Gasteiger partial charge on any atom is -0.303 e. The van der Waals surface area contributed by atoms with Gasteiger partial charge in [0.05, 0.1) is 0 Å². The third-order valence-electron chi connectivity index (χ3n) is 4.62. The van der Waals surface area contributed by atoms with Gasteiger partial charge in [0.1, 0.15) is 5.78 Å². The number of nitrogens with zero attached hydrogens (tertiary/aromatic N) is 1. The van der Waals surface area contributed by atoms with Gasteiger partial charge in [-0.3, -0.25) is 4.79 Å². The lowest BCUT2D eigenvalue weighted by Crippen LogP contribution is -2.35. The van der Waals surface area contributed by atoms with Crippen molar-refractivity contribution in [2.45, 2.75) is 78.6 Å². The molecule has 20 heavy (non-hydrogen) atoms. The van der Waals surface area contributed by atoms with Crippen LogP contribution in [0.15, 0.2) is 0 Å². The molecule has 0 aromatic heterocycles. The first-order valence-corrected chi connectivity index (χ1v) is 8.85. The fraction of sp³-hybridized carbons (Fsp3) is 0.944. The Bertz CT molecular complexity index is 254. The summed E-state index contributed by atoms with van der Waals surface area (Å²) in [5, 5.41) is 0. The van der Waals surface area contributed by atoms with E-state index in [0.29, 0.717) is 11.7 Å². The summed E-state index contributed by atoms with van der Waals surface area (Å²) in [5.74, 6) is 1.98. The summed E-state index contributed by atoms with van der Waals surface area (Å²) in [6.07, 6.45) is 11.0. The van der Waals surface area contributed by atoms with Crippen LogP contribution in [0.25, 0.3) is 0 Å². The highest BCUT2D eigenvalue weighted by Gasteiger charge is 2.20. The molecule has 2 nitrogen and oxygen atoms in total. The number of carbonyl (C=O) groups excluding carboxylic acids is 1. The predicted molar refractivity (Wildman–Crippen MR) is 87.0 cm³/mol. The maximum Gasteiger partial charge on any atom is 0.132 e. The molecule has 0 N–H and O–H groups in total. The zero-order chi connectivity index (χ0) is 14.8. The summed E-state index contributed by atoms with van der Waals surface area (Å²) in [6, 6.07) is 0. The molecule has 0 aromatic rings. The summed E-state index contributed by atoms with van der Waals surface area (Å²) in [4.78, 5) is 14.1. The van der Waals surface area contributed by atoms with E-state index >= 15 is 0 Å². The Balaban J connectivity index is 1.98. The summed E-state index contributed by atoms with van der Waals surface area (Å²) >= 11 is 0. The zero-order valence-corrected chi connectivity index (χ0v) is 14.0. The molecule has 0 aromatic carbocycles. The van der Waals surface area contributed by atoms with Gasteiger partial charge in [-0.25, -0.2) is 0 Å². The van der Waals surface area contributed by atoms with E-state index in [0.717, 1.165) is 18.8 Å². The first kappa shape index (κ1) is 17.7. The van der Waals surface area contributed by atoms with Gasteiger partial charge < -0.3 is 4.90 Å². The van der Waals surface area contributed by atoms with Crippen molar-refractivity contribution < 1.29 is 4.79 Å². The number of hydrogen-bond acceptors (Lipinski definition) is 2. The first-order chi connectivity index (χ1) is 9.61. The lowest BCUT2D eigenvalue weighted by Gasteiger charge is -2.31. The van der Waals surface area contributed by atoms with Gasteiger partial charge in [0.2, 0.25) is 0 Å². The molecule has 1 aliphatic heterocycles. The maximum atomic E-state index is 11.5. The number of unbranched alkanes of at least 4 members (excludes halogenated alkanes) is 3. The standard InChI is InChI=1S/C18H35NO/c1-4-18(20)15-17-10-13-19(14-11-17)12-8-6-5-7-9-16(2)3/h16-17H,4-15H2,1-3H3. The van der Waals surface area contributed by atoms with Gasteiger partial charge >= 0.3 is 0 Å². The molecular formula is C18H35NO. The quantitative estimate of drug-likeness (QED) is 0.542. The molecule has 1 saturated heterocycles. The smallest absolute Gasteiger partial charge is 0.132 e. The Hall–Kier alpha value is -0.370. The van der Waals surface area contributed by atoms with Crippen LogP contribution in [0.4, 0.5) is 0 Å². The molecule has 0 radical (unpaired) electrons.